The van der Waals surface area contributed by atoms with E-state index in [1.807, 2.05) is 6.92 Å². The molecule has 0 radical (unpaired) electrons. The van der Waals surface area contributed by atoms with E-state index in [4.69, 9.17) is 4.74 Å². The first-order chi connectivity index (χ1) is 9.51. The lowest BCUT2D eigenvalue weighted by atomic mass is 10.1. The Morgan fingerprint density at radius 3 is 2.70 bits per heavy atom. The van der Waals surface area contributed by atoms with Gasteiger partial charge in [-0.2, -0.15) is 0 Å². The summed E-state index contributed by atoms with van der Waals surface area (Å²) >= 11 is 0. The molecule has 0 amide bonds. The second-order valence-electron chi connectivity index (χ2n) is 4.11. The van der Waals surface area contributed by atoms with Crippen LogP contribution in [0.25, 0.3) is 0 Å². The molecule has 0 aliphatic rings. The molecule has 0 saturated heterocycles. The number of unbranched alkanes of at least 4 members (excludes halogenated alkanes) is 1. The largest absolute Gasteiger partial charge is 0.462 e. The first-order valence-corrected chi connectivity index (χ1v) is 6.40. The van der Waals surface area contributed by atoms with E-state index in [2.05, 4.69) is 5.32 Å². The smallest absolute Gasteiger partial charge is 0.345 e. The summed E-state index contributed by atoms with van der Waals surface area (Å²) in [6.45, 7) is 4.19. The van der Waals surface area contributed by atoms with Gasteiger partial charge in [-0.3, -0.25) is 10.1 Å². The summed E-state index contributed by atoms with van der Waals surface area (Å²) in [5.74, 6) is -1.60. The van der Waals surface area contributed by atoms with Gasteiger partial charge in [0, 0.05) is 6.54 Å². The third-order valence-corrected chi connectivity index (χ3v) is 2.62. The van der Waals surface area contributed by atoms with Gasteiger partial charge >= 0.3 is 5.97 Å². The Morgan fingerprint density at radius 2 is 2.15 bits per heavy atom. The summed E-state index contributed by atoms with van der Waals surface area (Å²) in [6, 6.07) is 1.86. The van der Waals surface area contributed by atoms with Crippen LogP contribution in [0.1, 0.15) is 37.0 Å². The number of ether oxygens (including phenoxy) is 1. The van der Waals surface area contributed by atoms with Gasteiger partial charge in [-0.25, -0.2) is 9.18 Å². The topological polar surface area (TPSA) is 81.5 Å². The van der Waals surface area contributed by atoms with Crippen molar-refractivity contribution in [3.63, 3.8) is 0 Å². The van der Waals surface area contributed by atoms with Gasteiger partial charge in [0.15, 0.2) is 5.82 Å². The minimum atomic E-state index is -0.835. The number of carbonyl (C=O) groups is 1. The third-order valence-electron chi connectivity index (χ3n) is 2.62. The van der Waals surface area contributed by atoms with Crippen LogP contribution < -0.4 is 5.32 Å². The third kappa shape index (κ3) is 3.91. The molecule has 0 aromatic heterocycles. The van der Waals surface area contributed by atoms with Gasteiger partial charge in [0.2, 0.25) is 0 Å². The number of rotatable bonds is 7. The lowest BCUT2D eigenvalue weighted by molar-refractivity contribution is -0.385. The molecule has 0 heterocycles. The minimum Gasteiger partial charge on any atom is -0.462 e. The minimum absolute atomic E-state index is 0.0621. The molecule has 0 unspecified atom stereocenters. The highest BCUT2D eigenvalue weighted by molar-refractivity contribution is 5.95. The number of nitrogens with one attached hydrogen (secondary N) is 1. The Labute approximate surface area is 116 Å². The SMILES string of the molecule is CCCCNc1cc(C(=O)OCC)c([N+](=O)[O-])cc1F. The molecular formula is C13H17FN2O4. The molecule has 0 bridgehead atoms. The number of benzene rings is 1. The molecule has 0 aliphatic heterocycles. The van der Waals surface area contributed by atoms with Crippen molar-refractivity contribution in [1.82, 2.24) is 0 Å². The Bertz CT molecular complexity index is 505. The second-order valence-corrected chi connectivity index (χ2v) is 4.11. The molecule has 0 spiro atoms. The molecular weight excluding hydrogens is 267 g/mol. The maximum atomic E-state index is 13.7. The van der Waals surface area contributed by atoms with Crippen molar-refractivity contribution in [2.75, 3.05) is 18.5 Å². The zero-order chi connectivity index (χ0) is 15.1. The first kappa shape index (κ1) is 15.9. The molecule has 110 valence electrons. The monoisotopic (exact) mass is 284 g/mol. The Morgan fingerprint density at radius 1 is 1.45 bits per heavy atom. The van der Waals surface area contributed by atoms with Crippen LogP contribution in [-0.4, -0.2) is 24.0 Å². The molecule has 1 aromatic carbocycles. The molecule has 20 heavy (non-hydrogen) atoms. The van der Waals surface area contributed by atoms with Crippen molar-refractivity contribution in [2.24, 2.45) is 0 Å². The van der Waals surface area contributed by atoms with E-state index in [0.29, 0.717) is 6.54 Å². The summed E-state index contributed by atoms with van der Waals surface area (Å²) in [5.41, 5.74) is -0.786. The highest BCUT2D eigenvalue weighted by Crippen LogP contribution is 2.27. The van der Waals surface area contributed by atoms with Crippen molar-refractivity contribution in [3.05, 3.63) is 33.6 Å². The van der Waals surface area contributed by atoms with Crippen LogP contribution in [-0.2, 0) is 4.74 Å². The Balaban J connectivity index is 3.13. The van der Waals surface area contributed by atoms with Gasteiger partial charge in [-0.15, -0.1) is 0 Å². The highest BCUT2D eigenvalue weighted by atomic mass is 19.1. The summed E-state index contributed by atoms with van der Waals surface area (Å²) in [5, 5.41) is 13.7. The van der Waals surface area contributed by atoms with Gasteiger partial charge in [-0.1, -0.05) is 13.3 Å². The molecule has 7 heteroatoms. The number of hydrogen-bond acceptors (Lipinski definition) is 5. The summed E-state index contributed by atoms with van der Waals surface area (Å²) in [4.78, 5) is 21.8. The van der Waals surface area contributed by atoms with E-state index < -0.39 is 22.4 Å². The quantitative estimate of drug-likeness (QED) is 0.360. The van der Waals surface area contributed by atoms with E-state index >= 15 is 0 Å². The zero-order valence-electron chi connectivity index (χ0n) is 11.4. The maximum Gasteiger partial charge on any atom is 0.345 e. The van der Waals surface area contributed by atoms with E-state index in [9.17, 15) is 19.3 Å². The van der Waals surface area contributed by atoms with Crippen LogP contribution in [0.3, 0.4) is 0 Å². The van der Waals surface area contributed by atoms with Crippen molar-refractivity contribution >= 4 is 17.3 Å². The molecule has 0 atom stereocenters. The van der Waals surface area contributed by atoms with Crippen LogP contribution in [0.4, 0.5) is 15.8 Å². The zero-order valence-corrected chi connectivity index (χ0v) is 11.4. The number of hydrogen-bond donors (Lipinski definition) is 1. The van der Waals surface area contributed by atoms with E-state index in [1.54, 1.807) is 6.92 Å². The molecule has 0 fully saturated rings. The normalized spacial score (nSPS) is 10.2. The van der Waals surface area contributed by atoms with Gasteiger partial charge in [0.25, 0.3) is 5.69 Å². The Kier molecular flexibility index (Phi) is 5.89. The molecule has 1 rings (SSSR count). The fraction of sp³-hybridized carbons (Fsp3) is 0.462. The molecule has 1 N–H and O–H groups in total. The number of nitrogens with zero attached hydrogens (tertiary/aromatic N) is 1. The van der Waals surface area contributed by atoms with Crippen molar-refractivity contribution in [3.8, 4) is 0 Å². The highest BCUT2D eigenvalue weighted by Gasteiger charge is 2.24. The predicted octanol–water partition coefficient (Wildman–Crippen LogP) is 3.12. The van der Waals surface area contributed by atoms with Crippen LogP contribution in [0.5, 0.6) is 0 Å². The molecule has 0 aliphatic carbocycles. The molecule has 1 aromatic rings. The lowest BCUT2D eigenvalue weighted by Gasteiger charge is -2.09. The van der Waals surface area contributed by atoms with Crippen LogP contribution in [0.2, 0.25) is 0 Å². The van der Waals surface area contributed by atoms with Crippen molar-refractivity contribution in [1.29, 1.82) is 0 Å². The van der Waals surface area contributed by atoms with Crippen molar-refractivity contribution < 1.29 is 18.8 Å². The number of esters is 1. The Hall–Kier alpha value is -2.18. The van der Waals surface area contributed by atoms with Crippen LogP contribution >= 0.6 is 0 Å². The number of carbonyl (C=O) groups excluding carboxylic acids is 1. The second kappa shape index (κ2) is 7.42. The fourth-order valence-electron chi connectivity index (χ4n) is 1.62. The van der Waals surface area contributed by atoms with E-state index in [0.717, 1.165) is 25.0 Å². The predicted molar refractivity (Wildman–Crippen MR) is 72.4 cm³/mol. The van der Waals surface area contributed by atoms with Gasteiger partial charge in [0.1, 0.15) is 5.56 Å². The average Bonchev–Trinajstić information content (AvgIpc) is 2.40. The average molecular weight is 284 g/mol. The number of anilines is 1. The van der Waals surface area contributed by atoms with E-state index in [1.165, 1.54) is 0 Å². The first-order valence-electron chi connectivity index (χ1n) is 6.40. The molecule has 0 saturated carbocycles. The lowest BCUT2D eigenvalue weighted by Crippen LogP contribution is -2.11. The van der Waals surface area contributed by atoms with Gasteiger partial charge in [0.05, 0.1) is 23.3 Å². The van der Waals surface area contributed by atoms with Gasteiger partial charge < -0.3 is 10.1 Å². The van der Waals surface area contributed by atoms with Gasteiger partial charge in [-0.05, 0) is 19.4 Å². The number of nitro groups is 1. The fourth-order valence-corrected chi connectivity index (χ4v) is 1.62. The van der Waals surface area contributed by atoms with E-state index in [-0.39, 0.29) is 17.9 Å². The summed E-state index contributed by atoms with van der Waals surface area (Å²) < 4.78 is 18.5. The summed E-state index contributed by atoms with van der Waals surface area (Å²) in [7, 11) is 0. The standard InChI is InChI=1S/C13H17FN2O4/c1-3-5-6-15-11-7-9(13(17)20-4-2)12(16(18)19)8-10(11)14/h7-8,15H,3-6H2,1-2H3. The molecule has 6 nitrogen and oxygen atoms in total. The summed E-state index contributed by atoms with van der Waals surface area (Å²) in [6.07, 6.45) is 1.75. The number of halogens is 1. The van der Waals surface area contributed by atoms with Crippen molar-refractivity contribution in [2.45, 2.75) is 26.7 Å². The maximum absolute atomic E-state index is 13.7. The van der Waals surface area contributed by atoms with Crippen LogP contribution in [0.15, 0.2) is 12.1 Å². The van der Waals surface area contributed by atoms with Crippen LogP contribution in [0, 0.1) is 15.9 Å². The number of nitro benzene ring substituents is 1.